The largest absolute Gasteiger partial charge is 0.377 e. The summed E-state index contributed by atoms with van der Waals surface area (Å²) in [5, 5.41) is 8.90. The predicted octanol–water partition coefficient (Wildman–Crippen LogP) is -1.35. The number of pyridine rings is 1. The van der Waals surface area contributed by atoms with Crippen LogP contribution in [-0.2, 0) is 9.53 Å². The molecule has 1 amide bonds. The van der Waals surface area contributed by atoms with Crippen LogP contribution in [0.15, 0.2) is 18.5 Å². The highest BCUT2D eigenvalue weighted by molar-refractivity contribution is 5.96. The molecule has 10 nitrogen and oxygen atoms in total. The molecule has 172 valence electrons. The van der Waals surface area contributed by atoms with Gasteiger partial charge in [-0.3, -0.25) is 25.3 Å². The third-order valence-corrected chi connectivity index (χ3v) is 6.46. The Hall–Kier alpha value is -1.89. The van der Waals surface area contributed by atoms with Gasteiger partial charge < -0.3 is 26.4 Å². The van der Waals surface area contributed by atoms with Gasteiger partial charge in [-0.2, -0.15) is 0 Å². The molecule has 1 aromatic heterocycles. The summed E-state index contributed by atoms with van der Waals surface area (Å²) < 4.78 is 18.8. The molecule has 0 aromatic carbocycles. The maximum absolute atomic E-state index is 13.4. The van der Waals surface area contributed by atoms with Crippen LogP contribution < -0.4 is 32.3 Å². The zero-order valence-corrected chi connectivity index (χ0v) is 17.9. The first kappa shape index (κ1) is 22.3. The highest BCUT2D eigenvalue weighted by Gasteiger charge is 2.41. The number of nitrogens with one attached hydrogen (secondary N) is 3. The molecular formula is C20H33FN8O2. The van der Waals surface area contributed by atoms with Gasteiger partial charge in [0, 0.05) is 45.5 Å². The number of carbonyl (C=O) groups is 1. The SMILES string of the molecule is CC1(N2CCN(c3ccncc3NC(=O)C(C(N)N)C3NCC(F)CN3)CC2)COC1. The zero-order chi connectivity index (χ0) is 22.0. The first-order valence-electron chi connectivity index (χ1n) is 10.8. The third-order valence-electron chi connectivity index (χ3n) is 6.46. The van der Waals surface area contributed by atoms with Crippen molar-refractivity contribution < 1.29 is 13.9 Å². The Labute approximate surface area is 181 Å². The average Bonchev–Trinajstić information content (AvgIpc) is 2.74. The van der Waals surface area contributed by atoms with Gasteiger partial charge in [0.25, 0.3) is 0 Å². The van der Waals surface area contributed by atoms with Gasteiger partial charge in [-0.05, 0) is 13.0 Å². The van der Waals surface area contributed by atoms with Crippen molar-refractivity contribution in [1.82, 2.24) is 20.5 Å². The van der Waals surface area contributed by atoms with Crippen molar-refractivity contribution >= 4 is 17.3 Å². The van der Waals surface area contributed by atoms with Gasteiger partial charge in [-0.15, -0.1) is 0 Å². The van der Waals surface area contributed by atoms with E-state index in [-0.39, 0.29) is 24.5 Å². The van der Waals surface area contributed by atoms with Crippen LogP contribution in [-0.4, -0.2) is 92.3 Å². The van der Waals surface area contributed by atoms with Gasteiger partial charge in [0.2, 0.25) is 5.91 Å². The summed E-state index contributed by atoms with van der Waals surface area (Å²) in [6.45, 7) is 7.61. The van der Waals surface area contributed by atoms with E-state index in [9.17, 15) is 9.18 Å². The van der Waals surface area contributed by atoms with Crippen LogP contribution >= 0.6 is 0 Å². The van der Waals surface area contributed by atoms with Crippen molar-refractivity contribution in [2.24, 2.45) is 17.4 Å². The number of nitrogens with zero attached hydrogens (tertiary/aromatic N) is 3. The summed E-state index contributed by atoms with van der Waals surface area (Å²) in [7, 11) is 0. The number of alkyl halides is 1. The minimum atomic E-state index is -1.01. The molecule has 3 aliphatic rings. The molecule has 0 saturated carbocycles. The number of nitrogens with two attached hydrogens (primary N) is 2. The minimum absolute atomic E-state index is 0.129. The molecule has 3 saturated heterocycles. The van der Waals surface area contributed by atoms with Gasteiger partial charge in [0.05, 0.1) is 54.6 Å². The van der Waals surface area contributed by atoms with Crippen molar-refractivity contribution in [2.75, 3.05) is 62.7 Å². The number of hydrogen-bond donors (Lipinski definition) is 5. The second-order valence-electron chi connectivity index (χ2n) is 8.84. The molecule has 31 heavy (non-hydrogen) atoms. The molecule has 7 N–H and O–H groups in total. The van der Waals surface area contributed by atoms with E-state index < -0.39 is 24.4 Å². The molecule has 0 radical (unpaired) electrons. The van der Waals surface area contributed by atoms with Gasteiger partial charge >= 0.3 is 0 Å². The van der Waals surface area contributed by atoms with Crippen LogP contribution in [0.4, 0.5) is 15.8 Å². The van der Waals surface area contributed by atoms with Crippen LogP contribution in [0.5, 0.6) is 0 Å². The maximum atomic E-state index is 13.4. The summed E-state index contributed by atoms with van der Waals surface area (Å²) in [5.41, 5.74) is 13.5. The fourth-order valence-corrected chi connectivity index (χ4v) is 4.50. The fourth-order valence-electron chi connectivity index (χ4n) is 4.50. The predicted molar refractivity (Wildman–Crippen MR) is 116 cm³/mol. The minimum Gasteiger partial charge on any atom is -0.377 e. The summed E-state index contributed by atoms with van der Waals surface area (Å²) in [6, 6.07) is 1.90. The van der Waals surface area contributed by atoms with E-state index >= 15 is 0 Å². The zero-order valence-electron chi connectivity index (χ0n) is 17.9. The molecule has 0 spiro atoms. The Kier molecular flexibility index (Phi) is 6.70. The summed E-state index contributed by atoms with van der Waals surface area (Å²) in [4.78, 5) is 22.0. The monoisotopic (exact) mass is 436 g/mol. The number of anilines is 2. The van der Waals surface area contributed by atoms with E-state index in [0.29, 0.717) is 5.69 Å². The van der Waals surface area contributed by atoms with E-state index in [1.165, 1.54) is 0 Å². The highest BCUT2D eigenvalue weighted by Crippen LogP contribution is 2.30. The molecule has 3 aliphatic heterocycles. The summed E-state index contributed by atoms with van der Waals surface area (Å²) >= 11 is 0. The second kappa shape index (κ2) is 9.31. The number of amides is 1. The molecule has 0 bridgehead atoms. The number of rotatable bonds is 6. The topological polar surface area (TPSA) is 134 Å². The Bertz CT molecular complexity index is 761. The van der Waals surface area contributed by atoms with Crippen LogP contribution in [0, 0.1) is 5.92 Å². The molecule has 1 unspecified atom stereocenters. The number of aromatic nitrogens is 1. The lowest BCUT2D eigenvalue weighted by atomic mass is 9.97. The first-order valence-corrected chi connectivity index (χ1v) is 10.8. The molecule has 4 heterocycles. The summed E-state index contributed by atoms with van der Waals surface area (Å²) in [6.07, 6.45) is 0.942. The first-order chi connectivity index (χ1) is 14.9. The Balaban J connectivity index is 1.42. The molecule has 11 heteroatoms. The smallest absolute Gasteiger partial charge is 0.233 e. The van der Waals surface area contributed by atoms with Gasteiger partial charge in [-0.25, -0.2) is 4.39 Å². The van der Waals surface area contributed by atoms with Crippen LogP contribution in [0.2, 0.25) is 0 Å². The van der Waals surface area contributed by atoms with E-state index in [2.05, 4.69) is 37.7 Å². The van der Waals surface area contributed by atoms with Crippen LogP contribution in [0.1, 0.15) is 6.92 Å². The lowest BCUT2D eigenvalue weighted by Gasteiger charge is -2.50. The Morgan fingerprint density at radius 2 is 1.97 bits per heavy atom. The molecular weight excluding hydrogens is 403 g/mol. The average molecular weight is 437 g/mol. The van der Waals surface area contributed by atoms with Crippen molar-refractivity contribution in [3.8, 4) is 0 Å². The fraction of sp³-hybridized carbons (Fsp3) is 0.700. The lowest BCUT2D eigenvalue weighted by molar-refractivity contribution is -0.131. The molecule has 3 fully saturated rings. The lowest BCUT2D eigenvalue weighted by Crippen LogP contribution is -2.64. The van der Waals surface area contributed by atoms with Crippen LogP contribution in [0.3, 0.4) is 0 Å². The molecule has 1 atom stereocenters. The van der Waals surface area contributed by atoms with E-state index in [0.717, 1.165) is 45.1 Å². The van der Waals surface area contributed by atoms with Gasteiger partial charge in [0.1, 0.15) is 6.17 Å². The third kappa shape index (κ3) is 4.81. The number of piperazine rings is 1. The van der Waals surface area contributed by atoms with Gasteiger partial charge in [-0.1, -0.05) is 0 Å². The van der Waals surface area contributed by atoms with E-state index in [1.54, 1.807) is 12.4 Å². The number of halogens is 1. The van der Waals surface area contributed by atoms with Crippen molar-refractivity contribution in [3.05, 3.63) is 18.5 Å². The number of ether oxygens (including phenoxy) is 1. The highest BCUT2D eigenvalue weighted by atomic mass is 19.1. The van der Waals surface area contributed by atoms with Crippen molar-refractivity contribution in [1.29, 1.82) is 0 Å². The van der Waals surface area contributed by atoms with Crippen molar-refractivity contribution in [3.63, 3.8) is 0 Å². The molecule has 0 aliphatic carbocycles. The quantitative estimate of drug-likeness (QED) is 0.343. The van der Waals surface area contributed by atoms with Gasteiger partial charge in [0.15, 0.2) is 0 Å². The van der Waals surface area contributed by atoms with E-state index in [4.69, 9.17) is 16.2 Å². The Morgan fingerprint density at radius 1 is 1.29 bits per heavy atom. The normalized spacial score (nSPS) is 27.6. The summed E-state index contributed by atoms with van der Waals surface area (Å²) in [5.74, 6) is -1.10. The standard InChI is InChI=1S/C20H33FN8O2/c1-20(11-31-12-20)29-6-4-28(5-7-29)15-2-3-24-10-14(15)27-19(30)16(17(22)23)18-25-8-13(21)9-26-18/h2-3,10,13,16-18,25-26H,4-9,11-12,22-23H2,1H3,(H,27,30). The Morgan fingerprint density at radius 3 is 2.55 bits per heavy atom. The van der Waals surface area contributed by atoms with Crippen LogP contribution in [0.25, 0.3) is 0 Å². The maximum Gasteiger partial charge on any atom is 0.233 e. The second-order valence-corrected chi connectivity index (χ2v) is 8.84. The van der Waals surface area contributed by atoms with E-state index in [1.807, 2.05) is 6.07 Å². The van der Waals surface area contributed by atoms with Crippen molar-refractivity contribution in [2.45, 2.75) is 31.0 Å². The number of hydrogen-bond acceptors (Lipinski definition) is 9. The number of carbonyl (C=O) groups excluding carboxylic acids is 1. The molecule has 1 aromatic rings. The molecule has 4 rings (SSSR count).